The van der Waals surface area contributed by atoms with E-state index in [0.717, 1.165) is 57.5 Å². The largest absolute Gasteiger partial charge is 0.369 e. The Balaban J connectivity index is 1.29. The lowest BCUT2D eigenvalue weighted by Crippen LogP contribution is -2.44. The van der Waals surface area contributed by atoms with Gasteiger partial charge < -0.3 is 31.2 Å². The molecule has 1 saturated heterocycles. The number of anilines is 4. The van der Waals surface area contributed by atoms with Crippen LogP contribution in [0.15, 0.2) is 54.7 Å². The predicted molar refractivity (Wildman–Crippen MR) is 157 cm³/mol. The highest BCUT2D eigenvalue weighted by Gasteiger charge is 2.24. The van der Waals surface area contributed by atoms with Gasteiger partial charge in [-0.05, 0) is 81.3 Å². The number of rotatable bonds is 7. The summed E-state index contributed by atoms with van der Waals surface area (Å²) in [6.07, 6.45) is 5.38. The zero-order valence-corrected chi connectivity index (χ0v) is 22.7. The highest BCUT2D eigenvalue weighted by Crippen LogP contribution is 2.31. The third-order valence-corrected chi connectivity index (χ3v) is 7.99. The fourth-order valence-electron chi connectivity index (χ4n) is 5.54. The van der Waals surface area contributed by atoms with E-state index >= 15 is 0 Å². The minimum atomic E-state index is -0.385. The highest BCUT2D eigenvalue weighted by atomic mass is 19.1. The molecule has 0 radical (unpaired) electrons. The van der Waals surface area contributed by atoms with Crippen LogP contribution in [0, 0.1) is 5.82 Å². The van der Waals surface area contributed by atoms with Crippen molar-refractivity contribution in [3.8, 4) is 0 Å². The Hall–Kier alpha value is -4.02. The number of H-pyrrole nitrogens is 1. The second-order valence-corrected chi connectivity index (χ2v) is 10.9. The molecule has 1 aliphatic heterocycles. The lowest BCUT2D eigenvalue weighted by atomic mass is 9.92. The predicted octanol–water partition coefficient (Wildman–Crippen LogP) is 4.51. The molecule has 4 aromatic rings. The fraction of sp³-hybridized carbons (Fsp3) is 0.367. The van der Waals surface area contributed by atoms with Gasteiger partial charge in [0.25, 0.3) is 0 Å². The topological polar surface area (TPSA) is 115 Å². The summed E-state index contributed by atoms with van der Waals surface area (Å²) in [5, 5.41) is 7.54. The first-order valence-electron chi connectivity index (χ1n) is 13.9. The fourth-order valence-corrected chi connectivity index (χ4v) is 5.54. The number of likely N-dealkylation sites (N-methyl/N-ethyl adjacent to an activating group) is 1. The number of nitrogens with zero attached hydrogens (tertiary/aromatic N) is 4. The van der Waals surface area contributed by atoms with E-state index in [0.29, 0.717) is 33.9 Å². The molecule has 2 aliphatic rings. The third kappa shape index (κ3) is 5.64. The molecule has 9 nitrogen and oxygen atoms in total. The highest BCUT2D eigenvalue weighted by molar-refractivity contribution is 6.18. The standard InChI is InChI=1S/C30H35FN8O/c1-38-14-16-39(17-15-38)24-12-10-23(11-13-24)35-30-36-28-26(29(37-30)34-22-8-6-21(32)7-9-22)25(18-33-28)27(40)19-2-4-20(31)5-3-19/h2-5,10-13,18,21-22H,6-9,14-17,32H2,1H3,(H3,33,34,35,36,37). The van der Waals surface area contributed by atoms with Crippen LogP contribution in [0.25, 0.3) is 11.0 Å². The maximum absolute atomic E-state index is 13.5. The lowest BCUT2D eigenvalue weighted by Gasteiger charge is -2.34. The maximum atomic E-state index is 13.5. The van der Waals surface area contributed by atoms with Gasteiger partial charge in [-0.1, -0.05) is 0 Å². The van der Waals surface area contributed by atoms with Gasteiger partial charge in [0.15, 0.2) is 5.78 Å². The number of halogens is 1. The molecular formula is C30H35FN8O. The minimum Gasteiger partial charge on any atom is -0.369 e. The van der Waals surface area contributed by atoms with Crippen LogP contribution in [0.3, 0.4) is 0 Å². The quantitative estimate of drug-likeness (QED) is 0.252. The molecule has 1 aliphatic carbocycles. The first-order chi connectivity index (χ1) is 19.4. The Morgan fingerprint density at radius 2 is 1.68 bits per heavy atom. The van der Waals surface area contributed by atoms with Crippen LogP contribution in [0.2, 0.25) is 0 Å². The van der Waals surface area contributed by atoms with E-state index in [4.69, 9.17) is 15.7 Å². The Kier molecular flexibility index (Phi) is 7.36. The average Bonchev–Trinajstić information content (AvgIpc) is 3.40. The van der Waals surface area contributed by atoms with Crippen LogP contribution < -0.4 is 21.3 Å². The first kappa shape index (κ1) is 26.2. The molecule has 2 fully saturated rings. The normalized spacial score (nSPS) is 20.0. The van der Waals surface area contributed by atoms with Crippen LogP contribution in [-0.2, 0) is 0 Å². The molecule has 1 saturated carbocycles. The van der Waals surface area contributed by atoms with Crippen molar-refractivity contribution in [3.05, 3.63) is 71.7 Å². The van der Waals surface area contributed by atoms with Gasteiger partial charge in [-0.3, -0.25) is 4.79 Å². The van der Waals surface area contributed by atoms with E-state index in [2.05, 4.69) is 44.6 Å². The van der Waals surface area contributed by atoms with Gasteiger partial charge in [-0.15, -0.1) is 0 Å². The summed E-state index contributed by atoms with van der Waals surface area (Å²) in [5.74, 6) is 0.416. The Morgan fingerprint density at radius 1 is 0.975 bits per heavy atom. The van der Waals surface area contributed by atoms with Gasteiger partial charge in [-0.2, -0.15) is 9.97 Å². The molecule has 5 N–H and O–H groups in total. The molecule has 2 aromatic carbocycles. The summed E-state index contributed by atoms with van der Waals surface area (Å²) in [4.78, 5) is 30.8. The van der Waals surface area contributed by atoms with Crippen molar-refractivity contribution in [1.29, 1.82) is 0 Å². The number of piperazine rings is 1. The zero-order valence-electron chi connectivity index (χ0n) is 22.7. The van der Waals surface area contributed by atoms with Crippen molar-refractivity contribution in [2.75, 3.05) is 48.8 Å². The number of carbonyl (C=O) groups is 1. The van der Waals surface area contributed by atoms with Crippen molar-refractivity contribution >= 4 is 40.0 Å². The number of hydrogen-bond acceptors (Lipinski definition) is 8. The average molecular weight is 543 g/mol. The van der Waals surface area contributed by atoms with Gasteiger partial charge in [-0.25, -0.2) is 4.39 Å². The van der Waals surface area contributed by atoms with Gasteiger partial charge in [0.1, 0.15) is 17.3 Å². The van der Waals surface area contributed by atoms with E-state index in [1.165, 1.54) is 30.0 Å². The Labute approximate surface area is 233 Å². The van der Waals surface area contributed by atoms with E-state index in [1.54, 1.807) is 6.20 Å². The second kappa shape index (κ2) is 11.2. The monoisotopic (exact) mass is 542 g/mol. The first-order valence-corrected chi connectivity index (χ1v) is 13.9. The Bertz CT molecular complexity index is 1470. The number of ketones is 1. The third-order valence-electron chi connectivity index (χ3n) is 7.99. The van der Waals surface area contributed by atoms with Gasteiger partial charge >= 0.3 is 0 Å². The minimum absolute atomic E-state index is 0.192. The van der Waals surface area contributed by atoms with Crippen molar-refractivity contribution in [2.24, 2.45) is 5.73 Å². The second-order valence-electron chi connectivity index (χ2n) is 10.9. The number of aromatic amines is 1. The summed E-state index contributed by atoms with van der Waals surface area (Å²) < 4.78 is 13.5. The van der Waals surface area contributed by atoms with Gasteiger partial charge in [0.2, 0.25) is 5.95 Å². The van der Waals surface area contributed by atoms with Gasteiger partial charge in [0.05, 0.1) is 10.9 Å². The zero-order chi connectivity index (χ0) is 27.6. The van der Waals surface area contributed by atoms with Crippen LogP contribution >= 0.6 is 0 Å². The van der Waals surface area contributed by atoms with Crippen LogP contribution in [0.1, 0.15) is 41.6 Å². The number of benzene rings is 2. The molecular weight excluding hydrogens is 507 g/mol. The summed E-state index contributed by atoms with van der Waals surface area (Å²) in [7, 11) is 2.15. The van der Waals surface area contributed by atoms with Crippen molar-refractivity contribution in [2.45, 2.75) is 37.8 Å². The van der Waals surface area contributed by atoms with Crippen molar-refractivity contribution in [3.63, 3.8) is 0 Å². The van der Waals surface area contributed by atoms with Crippen LogP contribution in [0.4, 0.5) is 27.5 Å². The molecule has 0 spiro atoms. The van der Waals surface area contributed by atoms with E-state index < -0.39 is 0 Å². The summed E-state index contributed by atoms with van der Waals surface area (Å²) in [6, 6.07) is 14.3. The van der Waals surface area contributed by atoms with E-state index in [-0.39, 0.29) is 23.7 Å². The van der Waals surface area contributed by atoms with Crippen LogP contribution in [-0.4, -0.2) is 70.9 Å². The lowest BCUT2D eigenvalue weighted by molar-refractivity contribution is 0.104. The number of nitrogens with two attached hydrogens (primary N) is 1. The number of aromatic nitrogens is 3. The molecule has 0 bridgehead atoms. The molecule has 40 heavy (non-hydrogen) atoms. The Morgan fingerprint density at radius 3 is 2.38 bits per heavy atom. The molecule has 208 valence electrons. The van der Waals surface area contributed by atoms with E-state index in [1.807, 2.05) is 12.1 Å². The molecule has 6 rings (SSSR count). The maximum Gasteiger partial charge on any atom is 0.231 e. The summed E-state index contributed by atoms with van der Waals surface area (Å²) in [6.45, 7) is 4.13. The van der Waals surface area contributed by atoms with E-state index in [9.17, 15) is 9.18 Å². The summed E-state index contributed by atoms with van der Waals surface area (Å²) in [5.41, 5.74) is 9.60. The van der Waals surface area contributed by atoms with Crippen LogP contribution in [0.5, 0.6) is 0 Å². The molecule has 3 heterocycles. The smallest absolute Gasteiger partial charge is 0.231 e. The summed E-state index contributed by atoms with van der Waals surface area (Å²) >= 11 is 0. The van der Waals surface area contributed by atoms with Crippen molar-refractivity contribution in [1.82, 2.24) is 19.9 Å². The van der Waals surface area contributed by atoms with Gasteiger partial charge in [0, 0.05) is 61.4 Å². The molecule has 2 aromatic heterocycles. The number of fused-ring (bicyclic) bond motifs is 1. The number of hydrogen-bond donors (Lipinski definition) is 4. The molecule has 10 heteroatoms. The SMILES string of the molecule is CN1CCN(c2ccc(Nc3nc(NC4CCC(N)CC4)c4c(C(=O)c5ccc(F)cc5)c[nH]c4n3)cc2)CC1. The number of carbonyl (C=O) groups excluding carboxylic acids is 1. The molecule has 0 atom stereocenters. The van der Waals surface area contributed by atoms with Crippen molar-refractivity contribution < 1.29 is 9.18 Å². The molecule has 0 unspecified atom stereocenters. The number of nitrogens with one attached hydrogen (secondary N) is 3. The molecule has 0 amide bonds.